The van der Waals surface area contributed by atoms with Gasteiger partial charge in [0, 0.05) is 20.0 Å². The number of nitrogens with one attached hydrogen (secondary N) is 2. The lowest BCUT2D eigenvalue weighted by Gasteiger charge is -2.12. The maximum absolute atomic E-state index is 12.2. The minimum absolute atomic E-state index is 0.219. The second-order valence-corrected chi connectivity index (χ2v) is 5.07. The van der Waals surface area contributed by atoms with Gasteiger partial charge in [-0.2, -0.15) is 0 Å². The summed E-state index contributed by atoms with van der Waals surface area (Å²) in [5, 5.41) is 5.33. The Morgan fingerprint density at radius 1 is 1.23 bits per heavy atom. The van der Waals surface area contributed by atoms with Crippen LogP contribution in [-0.2, 0) is 9.59 Å². The number of hydrogen-bond acceptors (Lipinski definition) is 4. The summed E-state index contributed by atoms with van der Waals surface area (Å²) in [6.07, 6.45) is 1.63. The predicted molar refractivity (Wildman–Crippen MR) is 86.4 cm³/mol. The monoisotopic (exact) mass is 305 g/mol. The molecule has 1 rings (SSSR count). The normalized spacial score (nSPS) is 11.2. The van der Waals surface area contributed by atoms with Crippen LogP contribution in [0.1, 0.15) is 12.5 Å². The minimum Gasteiger partial charge on any atom is -0.497 e. The maximum atomic E-state index is 12.2. The molecular formula is C16H23N3O3. The second-order valence-electron chi connectivity index (χ2n) is 5.07. The number of benzene rings is 1. The summed E-state index contributed by atoms with van der Waals surface area (Å²) in [6.45, 7) is 2.60. The van der Waals surface area contributed by atoms with Gasteiger partial charge in [0.15, 0.2) is 0 Å². The first-order valence-corrected chi connectivity index (χ1v) is 6.98. The Morgan fingerprint density at radius 2 is 1.86 bits per heavy atom. The molecule has 0 saturated heterocycles. The van der Waals surface area contributed by atoms with E-state index in [2.05, 4.69) is 10.6 Å². The fourth-order valence-corrected chi connectivity index (χ4v) is 1.70. The molecule has 0 unspecified atom stereocenters. The molecule has 0 bridgehead atoms. The first-order chi connectivity index (χ1) is 10.4. The lowest BCUT2D eigenvalue weighted by molar-refractivity contribution is -0.122. The van der Waals surface area contributed by atoms with E-state index in [1.54, 1.807) is 25.3 Å². The SMILES string of the molecule is COc1ccc(/C=C(\NC(C)=O)C(=O)NCCN(C)C)cc1. The number of amides is 2. The third-order valence-electron chi connectivity index (χ3n) is 2.83. The molecule has 0 saturated carbocycles. The van der Waals surface area contributed by atoms with Crippen LogP contribution in [-0.4, -0.2) is 51.0 Å². The lowest BCUT2D eigenvalue weighted by Crippen LogP contribution is -2.37. The molecule has 6 heteroatoms. The molecule has 120 valence electrons. The zero-order valence-electron chi connectivity index (χ0n) is 13.5. The highest BCUT2D eigenvalue weighted by Gasteiger charge is 2.10. The van der Waals surface area contributed by atoms with Crippen LogP contribution in [0.15, 0.2) is 30.0 Å². The molecule has 0 aliphatic heterocycles. The molecule has 6 nitrogen and oxygen atoms in total. The molecule has 2 amide bonds. The number of rotatable bonds is 7. The zero-order valence-corrected chi connectivity index (χ0v) is 13.5. The number of hydrogen-bond donors (Lipinski definition) is 2. The van der Waals surface area contributed by atoms with Gasteiger partial charge in [0.05, 0.1) is 7.11 Å². The molecule has 0 heterocycles. The van der Waals surface area contributed by atoms with E-state index in [1.165, 1.54) is 6.92 Å². The number of nitrogens with zero attached hydrogens (tertiary/aromatic N) is 1. The van der Waals surface area contributed by atoms with Crippen LogP contribution in [0.5, 0.6) is 5.75 Å². The van der Waals surface area contributed by atoms with Crippen molar-refractivity contribution in [1.82, 2.24) is 15.5 Å². The molecule has 0 aliphatic carbocycles. The van der Waals surface area contributed by atoms with Gasteiger partial charge in [-0.15, -0.1) is 0 Å². The molecule has 22 heavy (non-hydrogen) atoms. The molecule has 0 aromatic heterocycles. The number of ether oxygens (including phenoxy) is 1. The van der Waals surface area contributed by atoms with Gasteiger partial charge in [0.25, 0.3) is 5.91 Å². The summed E-state index contributed by atoms with van der Waals surface area (Å²) < 4.78 is 5.09. The summed E-state index contributed by atoms with van der Waals surface area (Å²) in [4.78, 5) is 25.4. The smallest absolute Gasteiger partial charge is 0.267 e. The molecule has 0 radical (unpaired) electrons. The van der Waals surface area contributed by atoms with Crippen LogP contribution in [0.3, 0.4) is 0 Å². The average molecular weight is 305 g/mol. The van der Waals surface area contributed by atoms with Crippen molar-refractivity contribution in [1.29, 1.82) is 0 Å². The van der Waals surface area contributed by atoms with Crippen molar-refractivity contribution in [3.63, 3.8) is 0 Å². The van der Waals surface area contributed by atoms with E-state index in [-0.39, 0.29) is 17.5 Å². The van der Waals surface area contributed by atoms with E-state index >= 15 is 0 Å². The molecule has 1 aromatic rings. The van der Waals surface area contributed by atoms with Gasteiger partial charge in [0.2, 0.25) is 5.91 Å². The highest BCUT2D eigenvalue weighted by Crippen LogP contribution is 2.13. The Labute approximate surface area is 131 Å². The largest absolute Gasteiger partial charge is 0.497 e. The van der Waals surface area contributed by atoms with Crippen molar-refractivity contribution >= 4 is 17.9 Å². The summed E-state index contributed by atoms with van der Waals surface area (Å²) in [6, 6.07) is 7.21. The van der Waals surface area contributed by atoms with Gasteiger partial charge in [-0.1, -0.05) is 12.1 Å². The maximum Gasteiger partial charge on any atom is 0.267 e. The first kappa shape index (κ1) is 17.7. The van der Waals surface area contributed by atoms with E-state index in [0.29, 0.717) is 6.54 Å². The summed E-state index contributed by atoms with van der Waals surface area (Å²) >= 11 is 0. The highest BCUT2D eigenvalue weighted by molar-refractivity contribution is 6.00. The fourth-order valence-electron chi connectivity index (χ4n) is 1.70. The van der Waals surface area contributed by atoms with Gasteiger partial charge in [-0.3, -0.25) is 9.59 Å². The Bertz CT molecular complexity index is 536. The van der Waals surface area contributed by atoms with Gasteiger partial charge >= 0.3 is 0 Å². The highest BCUT2D eigenvalue weighted by atomic mass is 16.5. The van der Waals surface area contributed by atoms with E-state index in [9.17, 15) is 9.59 Å². The summed E-state index contributed by atoms with van der Waals surface area (Å²) in [5.41, 5.74) is 1.02. The predicted octanol–water partition coefficient (Wildman–Crippen LogP) is 0.850. The van der Waals surface area contributed by atoms with Crippen LogP contribution < -0.4 is 15.4 Å². The first-order valence-electron chi connectivity index (χ1n) is 6.98. The fraction of sp³-hybridized carbons (Fsp3) is 0.375. The number of likely N-dealkylation sites (N-methyl/N-ethyl adjacent to an activating group) is 1. The van der Waals surface area contributed by atoms with Crippen molar-refractivity contribution in [2.24, 2.45) is 0 Å². The van der Waals surface area contributed by atoms with Crippen molar-refractivity contribution in [2.75, 3.05) is 34.3 Å². The number of methoxy groups -OCH3 is 1. The van der Waals surface area contributed by atoms with Crippen LogP contribution in [0, 0.1) is 0 Å². The Kier molecular flexibility index (Phi) is 7.12. The Balaban J connectivity index is 2.83. The zero-order chi connectivity index (χ0) is 16.5. The summed E-state index contributed by atoms with van der Waals surface area (Å²) in [7, 11) is 5.44. The van der Waals surface area contributed by atoms with Crippen molar-refractivity contribution in [3.05, 3.63) is 35.5 Å². The van der Waals surface area contributed by atoms with E-state index in [1.807, 2.05) is 31.1 Å². The van der Waals surface area contributed by atoms with Gasteiger partial charge in [-0.25, -0.2) is 0 Å². The van der Waals surface area contributed by atoms with Crippen molar-refractivity contribution < 1.29 is 14.3 Å². The molecule has 0 atom stereocenters. The van der Waals surface area contributed by atoms with Crippen molar-refractivity contribution in [3.8, 4) is 5.75 Å². The van der Waals surface area contributed by atoms with Crippen LogP contribution >= 0.6 is 0 Å². The van der Waals surface area contributed by atoms with Gasteiger partial charge < -0.3 is 20.3 Å². The van der Waals surface area contributed by atoms with Gasteiger partial charge in [-0.05, 0) is 37.9 Å². The van der Waals surface area contributed by atoms with E-state index in [4.69, 9.17) is 4.74 Å². The quantitative estimate of drug-likeness (QED) is 0.733. The second kappa shape index (κ2) is 8.84. The molecule has 2 N–H and O–H groups in total. The molecule has 1 aromatic carbocycles. The summed E-state index contributed by atoms with van der Waals surface area (Å²) in [5.74, 6) is 0.129. The van der Waals surface area contributed by atoms with Crippen LogP contribution in [0.25, 0.3) is 6.08 Å². The topological polar surface area (TPSA) is 70.7 Å². The molecule has 0 spiro atoms. The van der Waals surface area contributed by atoms with Crippen LogP contribution in [0.4, 0.5) is 0 Å². The van der Waals surface area contributed by atoms with Crippen LogP contribution in [0.2, 0.25) is 0 Å². The Hall–Kier alpha value is -2.34. The lowest BCUT2D eigenvalue weighted by atomic mass is 10.1. The minimum atomic E-state index is -0.312. The molecule has 0 fully saturated rings. The third-order valence-corrected chi connectivity index (χ3v) is 2.83. The average Bonchev–Trinajstić information content (AvgIpc) is 2.46. The number of carbonyl (C=O) groups excluding carboxylic acids is 2. The molecular weight excluding hydrogens is 282 g/mol. The standard InChI is InChI=1S/C16H23N3O3/c1-12(20)18-15(16(21)17-9-10-19(2)3)11-13-5-7-14(22-4)8-6-13/h5-8,11H,9-10H2,1-4H3,(H,17,21)(H,18,20)/b15-11-. The van der Waals surface area contributed by atoms with E-state index in [0.717, 1.165) is 17.9 Å². The van der Waals surface area contributed by atoms with Gasteiger partial charge in [0.1, 0.15) is 11.4 Å². The Morgan fingerprint density at radius 3 is 2.36 bits per heavy atom. The number of carbonyl (C=O) groups is 2. The van der Waals surface area contributed by atoms with E-state index < -0.39 is 0 Å². The third kappa shape index (κ3) is 6.41. The van der Waals surface area contributed by atoms with Crippen molar-refractivity contribution in [2.45, 2.75) is 6.92 Å². The molecule has 0 aliphatic rings.